The first kappa shape index (κ1) is 10.7. The van der Waals surface area contributed by atoms with Crippen LogP contribution in [-0.2, 0) is 0 Å². The summed E-state index contributed by atoms with van der Waals surface area (Å²) in [5.74, 6) is 1.52. The Morgan fingerprint density at radius 2 is 1.83 bits per heavy atom. The van der Waals surface area contributed by atoms with Crippen molar-refractivity contribution in [3.8, 4) is 0 Å². The zero-order chi connectivity index (χ0) is 12.4. The molecule has 4 nitrogen and oxygen atoms in total. The SMILES string of the molecule is Cc1nccc(Nc2cccc3cccnc23)n1. The number of nitrogens with zero attached hydrogens (tertiary/aromatic N) is 3. The minimum absolute atomic E-state index is 0.744. The van der Waals surface area contributed by atoms with Gasteiger partial charge in [-0.05, 0) is 25.1 Å². The first-order chi connectivity index (χ1) is 8.83. The summed E-state index contributed by atoms with van der Waals surface area (Å²) in [5, 5.41) is 4.38. The molecule has 0 aliphatic carbocycles. The van der Waals surface area contributed by atoms with E-state index in [-0.39, 0.29) is 0 Å². The summed E-state index contributed by atoms with van der Waals surface area (Å²) in [6, 6.07) is 11.8. The standard InChI is InChI=1S/C14H12N4/c1-10-15-9-7-13(17-10)18-12-6-2-4-11-5-3-8-16-14(11)12/h2-9H,1H3,(H,15,17,18). The molecule has 2 heterocycles. The Bertz CT molecular complexity index is 689. The third-order valence-electron chi connectivity index (χ3n) is 2.67. The second-order valence-corrected chi connectivity index (χ2v) is 3.99. The summed E-state index contributed by atoms with van der Waals surface area (Å²) < 4.78 is 0. The molecule has 1 aromatic carbocycles. The number of fused-ring (bicyclic) bond motifs is 1. The summed E-state index contributed by atoms with van der Waals surface area (Å²) in [6.07, 6.45) is 3.53. The average molecular weight is 236 g/mol. The molecule has 18 heavy (non-hydrogen) atoms. The van der Waals surface area contributed by atoms with Gasteiger partial charge in [0.15, 0.2) is 0 Å². The predicted molar refractivity (Wildman–Crippen MR) is 71.8 cm³/mol. The summed E-state index contributed by atoms with van der Waals surface area (Å²) >= 11 is 0. The van der Waals surface area contributed by atoms with Crippen molar-refractivity contribution in [3.63, 3.8) is 0 Å². The van der Waals surface area contributed by atoms with Crippen LogP contribution in [-0.4, -0.2) is 15.0 Å². The van der Waals surface area contributed by atoms with Gasteiger partial charge in [-0.1, -0.05) is 18.2 Å². The molecular formula is C14H12N4. The third kappa shape index (κ3) is 2.00. The lowest BCUT2D eigenvalue weighted by atomic mass is 10.2. The molecule has 0 unspecified atom stereocenters. The van der Waals surface area contributed by atoms with Crippen molar-refractivity contribution in [1.29, 1.82) is 0 Å². The number of hydrogen-bond donors (Lipinski definition) is 1. The van der Waals surface area contributed by atoms with E-state index in [1.54, 1.807) is 12.4 Å². The summed E-state index contributed by atoms with van der Waals surface area (Å²) in [6.45, 7) is 1.87. The number of hydrogen-bond acceptors (Lipinski definition) is 4. The van der Waals surface area contributed by atoms with E-state index in [1.807, 2.05) is 43.3 Å². The Labute approximate surface area is 105 Å². The van der Waals surface area contributed by atoms with Gasteiger partial charge in [0, 0.05) is 17.8 Å². The second kappa shape index (κ2) is 4.41. The van der Waals surface area contributed by atoms with E-state index >= 15 is 0 Å². The van der Waals surface area contributed by atoms with E-state index in [2.05, 4.69) is 20.3 Å². The van der Waals surface area contributed by atoms with Gasteiger partial charge in [0.25, 0.3) is 0 Å². The molecule has 3 rings (SSSR count). The second-order valence-electron chi connectivity index (χ2n) is 3.99. The maximum absolute atomic E-state index is 4.39. The smallest absolute Gasteiger partial charge is 0.134 e. The lowest BCUT2D eigenvalue weighted by molar-refractivity contribution is 1.06. The predicted octanol–water partition coefficient (Wildman–Crippen LogP) is 3.08. The normalized spacial score (nSPS) is 10.5. The fraction of sp³-hybridized carbons (Fsp3) is 0.0714. The van der Waals surface area contributed by atoms with Gasteiger partial charge in [0.1, 0.15) is 11.6 Å². The van der Waals surface area contributed by atoms with E-state index in [0.29, 0.717) is 0 Å². The van der Waals surface area contributed by atoms with Gasteiger partial charge in [-0.3, -0.25) is 4.98 Å². The molecule has 0 bridgehead atoms. The van der Waals surface area contributed by atoms with Gasteiger partial charge >= 0.3 is 0 Å². The average Bonchev–Trinajstić information content (AvgIpc) is 2.39. The van der Waals surface area contributed by atoms with Gasteiger partial charge in [-0.25, -0.2) is 9.97 Å². The molecule has 0 saturated heterocycles. The summed E-state index contributed by atoms with van der Waals surface area (Å²) in [5.41, 5.74) is 1.89. The summed E-state index contributed by atoms with van der Waals surface area (Å²) in [4.78, 5) is 12.8. The Balaban J connectivity index is 2.05. The first-order valence-electron chi connectivity index (χ1n) is 5.73. The van der Waals surface area contributed by atoms with E-state index in [0.717, 1.165) is 28.2 Å². The largest absolute Gasteiger partial charge is 0.338 e. The van der Waals surface area contributed by atoms with E-state index < -0.39 is 0 Å². The van der Waals surface area contributed by atoms with Crippen LogP contribution in [0.5, 0.6) is 0 Å². The highest BCUT2D eigenvalue weighted by atomic mass is 15.0. The van der Waals surface area contributed by atoms with Gasteiger partial charge in [-0.2, -0.15) is 0 Å². The van der Waals surface area contributed by atoms with Crippen LogP contribution in [0.4, 0.5) is 11.5 Å². The van der Waals surface area contributed by atoms with Crippen molar-refractivity contribution in [3.05, 3.63) is 54.6 Å². The Kier molecular flexibility index (Phi) is 2.61. The number of aryl methyl sites for hydroxylation is 1. The minimum atomic E-state index is 0.744. The summed E-state index contributed by atoms with van der Waals surface area (Å²) in [7, 11) is 0. The van der Waals surface area contributed by atoms with Gasteiger partial charge in [-0.15, -0.1) is 0 Å². The van der Waals surface area contributed by atoms with E-state index in [9.17, 15) is 0 Å². The molecule has 2 aromatic heterocycles. The topological polar surface area (TPSA) is 50.7 Å². The monoisotopic (exact) mass is 236 g/mol. The Hall–Kier alpha value is -2.49. The Morgan fingerprint density at radius 3 is 2.72 bits per heavy atom. The number of aromatic nitrogens is 3. The third-order valence-corrected chi connectivity index (χ3v) is 2.67. The molecule has 0 aliphatic heterocycles. The fourth-order valence-corrected chi connectivity index (χ4v) is 1.87. The van der Waals surface area contributed by atoms with Gasteiger partial charge in [0.05, 0.1) is 11.2 Å². The number of pyridine rings is 1. The van der Waals surface area contributed by atoms with Crippen molar-refractivity contribution in [2.24, 2.45) is 0 Å². The molecule has 1 N–H and O–H groups in total. The van der Waals surface area contributed by atoms with E-state index in [1.165, 1.54) is 0 Å². The van der Waals surface area contributed by atoms with Crippen LogP contribution in [0.15, 0.2) is 48.8 Å². The van der Waals surface area contributed by atoms with Crippen LogP contribution >= 0.6 is 0 Å². The number of anilines is 2. The van der Waals surface area contributed by atoms with Gasteiger partial charge in [0.2, 0.25) is 0 Å². The number of benzene rings is 1. The lowest BCUT2D eigenvalue weighted by Gasteiger charge is -2.08. The van der Waals surface area contributed by atoms with Crippen LogP contribution in [0.1, 0.15) is 5.82 Å². The van der Waals surface area contributed by atoms with Crippen molar-refractivity contribution in [2.45, 2.75) is 6.92 Å². The molecule has 0 spiro atoms. The van der Waals surface area contributed by atoms with Crippen LogP contribution in [0.25, 0.3) is 10.9 Å². The maximum Gasteiger partial charge on any atom is 0.134 e. The highest BCUT2D eigenvalue weighted by molar-refractivity contribution is 5.91. The molecule has 0 fully saturated rings. The number of rotatable bonds is 2. The zero-order valence-electron chi connectivity index (χ0n) is 9.96. The molecule has 0 atom stereocenters. The molecule has 3 aromatic rings. The lowest BCUT2D eigenvalue weighted by Crippen LogP contribution is -1.97. The van der Waals surface area contributed by atoms with Crippen LogP contribution < -0.4 is 5.32 Å². The van der Waals surface area contributed by atoms with Crippen molar-refractivity contribution in [1.82, 2.24) is 15.0 Å². The van der Waals surface area contributed by atoms with Crippen molar-refractivity contribution < 1.29 is 0 Å². The molecule has 0 saturated carbocycles. The quantitative estimate of drug-likeness (QED) is 0.742. The minimum Gasteiger partial charge on any atom is -0.338 e. The zero-order valence-corrected chi connectivity index (χ0v) is 9.96. The highest BCUT2D eigenvalue weighted by Gasteiger charge is 2.02. The van der Waals surface area contributed by atoms with Crippen LogP contribution in [0, 0.1) is 6.92 Å². The number of para-hydroxylation sites is 1. The molecule has 0 radical (unpaired) electrons. The van der Waals surface area contributed by atoms with Gasteiger partial charge < -0.3 is 5.32 Å². The molecule has 0 aliphatic rings. The Morgan fingerprint density at radius 1 is 0.944 bits per heavy atom. The molecule has 88 valence electrons. The fourth-order valence-electron chi connectivity index (χ4n) is 1.87. The molecule has 4 heteroatoms. The van der Waals surface area contributed by atoms with E-state index in [4.69, 9.17) is 0 Å². The molecular weight excluding hydrogens is 224 g/mol. The van der Waals surface area contributed by atoms with Crippen molar-refractivity contribution in [2.75, 3.05) is 5.32 Å². The van der Waals surface area contributed by atoms with Crippen LogP contribution in [0.3, 0.4) is 0 Å². The number of nitrogens with one attached hydrogen (secondary N) is 1. The highest BCUT2D eigenvalue weighted by Crippen LogP contribution is 2.23. The first-order valence-corrected chi connectivity index (χ1v) is 5.73. The maximum atomic E-state index is 4.39. The van der Waals surface area contributed by atoms with Crippen LogP contribution in [0.2, 0.25) is 0 Å². The molecule has 0 amide bonds. The van der Waals surface area contributed by atoms with Crippen molar-refractivity contribution >= 4 is 22.4 Å².